The van der Waals surface area contributed by atoms with Gasteiger partial charge in [0.15, 0.2) is 0 Å². The summed E-state index contributed by atoms with van der Waals surface area (Å²) in [5.74, 6) is 0.0933. The number of hydrogen-bond acceptors (Lipinski definition) is 5. The van der Waals surface area contributed by atoms with E-state index in [-0.39, 0.29) is 23.7 Å². The molecule has 0 saturated carbocycles. The number of benzene rings is 1. The van der Waals surface area contributed by atoms with E-state index in [0.717, 1.165) is 5.56 Å². The SMILES string of the molecule is Cc1ccc([C@H](C)NC(=O)CN2CCN(C(=O)c3ncn[nH]3)CC2)cc1. The Morgan fingerprint density at radius 3 is 2.50 bits per heavy atom. The molecule has 0 spiro atoms. The van der Waals surface area contributed by atoms with Gasteiger partial charge in [-0.1, -0.05) is 29.8 Å². The molecule has 0 bridgehead atoms. The van der Waals surface area contributed by atoms with Crippen molar-refractivity contribution >= 4 is 11.8 Å². The Morgan fingerprint density at radius 1 is 1.19 bits per heavy atom. The van der Waals surface area contributed by atoms with Gasteiger partial charge < -0.3 is 10.2 Å². The van der Waals surface area contributed by atoms with Gasteiger partial charge >= 0.3 is 0 Å². The monoisotopic (exact) mass is 356 g/mol. The van der Waals surface area contributed by atoms with Crippen LogP contribution < -0.4 is 5.32 Å². The first-order chi connectivity index (χ1) is 12.5. The molecule has 0 aliphatic carbocycles. The third-order valence-electron chi connectivity index (χ3n) is 4.60. The van der Waals surface area contributed by atoms with Gasteiger partial charge in [0.25, 0.3) is 5.91 Å². The zero-order valence-electron chi connectivity index (χ0n) is 15.1. The predicted octanol–water partition coefficient (Wildman–Crippen LogP) is 0.748. The Hall–Kier alpha value is -2.74. The van der Waals surface area contributed by atoms with E-state index in [1.165, 1.54) is 11.9 Å². The van der Waals surface area contributed by atoms with Crippen molar-refractivity contribution in [1.82, 2.24) is 30.3 Å². The summed E-state index contributed by atoms with van der Waals surface area (Å²) in [4.78, 5) is 32.2. The molecule has 1 atom stereocenters. The molecule has 2 heterocycles. The molecule has 2 amide bonds. The largest absolute Gasteiger partial charge is 0.348 e. The lowest BCUT2D eigenvalue weighted by atomic mass is 10.1. The molecule has 2 N–H and O–H groups in total. The molecule has 26 heavy (non-hydrogen) atoms. The average molecular weight is 356 g/mol. The summed E-state index contributed by atoms with van der Waals surface area (Å²) in [5.41, 5.74) is 2.29. The van der Waals surface area contributed by atoms with Crippen LogP contribution in [0.4, 0.5) is 0 Å². The highest BCUT2D eigenvalue weighted by Gasteiger charge is 2.25. The first-order valence-corrected chi connectivity index (χ1v) is 8.76. The van der Waals surface area contributed by atoms with E-state index in [0.29, 0.717) is 32.7 Å². The number of aromatic amines is 1. The summed E-state index contributed by atoms with van der Waals surface area (Å²) >= 11 is 0. The first kappa shape index (κ1) is 18.1. The maximum atomic E-state index is 12.3. The molecule has 1 saturated heterocycles. The van der Waals surface area contributed by atoms with Crippen molar-refractivity contribution < 1.29 is 9.59 Å². The summed E-state index contributed by atoms with van der Waals surface area (Å²) in [6, 6.07) is 8.13. The summed E-state index contributed by atoms with van der Waals surface area (Å²) < 4.78 is 0. The Balaban J connectivity index is 1.44. The summed E-state index contributed by atoms with van der Waals surface area (Å²) in [5, 5.41) is 9.33. The fraction of sp³-hybridized carbons (Fsp3) is 0.444. The second kappa shape index (κ2) is 8.09. The Morgan fingerprint density at radius 2 is 1.88 bits per heavy atom. The number of nitrogens with one attached hydrogen (secondary N) is 2. The van der Waals surface area contributed by atoms with Crippen molar-refractivity contribution in [1.29, 1.82) is 0 Å². The summed E-state index contributed by atoms with van der Waals surface area (Å²) in [6.07, 6.45) is 1.32. The van der Waals surface area contributed by atoms with Gasteiger partial charge in [0, 0.05) is 26.2 Å². The Bertz CT molecular complexity index is 736. The van der Waals surface area contributed by atoms with Crippen LogP contribution in [0.5, 0.6) is 0 Å². The summed E-state index contributed by atoms with van der Waals surface area (Å²) in [7, 11) is 0. The highest BCUT2D eigenvalue weighted by molar-refractivity contribution is 5.90. The Kier molecular flexibility index (Phi) is 5.62. The number of nitrogens with zero attached hydrogens (tertiary/aromatic N) is 4. The van der Waals surface area contributed by atoms with E-state index in [1.54, 1.807) is 4.90 Å². The molecule has 1 aromatic carbocycles. The number of carbonyl (C=O) groups is 2. The van der Waals surface area contributed by atoms with Crippen LogP contribution in [-0.2, 0) is 4.79 Å². The number of hydrogen-bond donors (Lipinski definition) is 2. The molecule has 1 aliphatic heterocycles. The predicted molar refractivity (Wildman–Crippen MR) is 96.5 cm³/mol. The van der Waals surface area contributed by atoms with Crippen LogP contribution >= 0.6 is 0 Å². The molecular weight excluding hydrogens is 332 g/mol. The second-order valence-electron chi connectivity index (χ2n) is 6.60. The van der Waals surface area contributed by atoms with E-state index in [1.807, 2.05) is 38.1 Å². The molecule has 138 valence electrons. The van der Waals surface area contributed by atoms with Crippen LogP contribution in [0.3, 0.4) is 0 Å². The number of aromatic nitrogens is 3. The van der Waals surface area contributed by atoms with E-state index in [2.05, 4.69) is 25.4 Å². The third kappa shape index (κ3) is 4.45. The zero-order valence-corrected chi connectivity index (χ0v) is 15.1. The molecule has 8 nitrogen and oxygen atoms in total. The number of piperazine rings is 1. The number of aryl methyl sites for hydroxylation is 1. The van der Waals surface area contributed by atoms with Crippen LogP contribution in [0.15, 0.2) is 30.6 Å². The topological polar surface area (TPSA) is 94.2 Å². The van der Waals surface area contributed by atoms with Crippen LogP contribution in [0, 0.1) is 6.92 Å². The first-order valence-electron chi connectivity index (χ1n) is 8.76. The number of rotatable bonds is 5. The molecule has 0 unspecified atom stereocenters. The minimum atomic E-state index is -0.153. The zero-order chi connectivity index (χ0) is 18.5. The molecule has 0 radical (unpaired) electrons. The van der Waals surface area contributed by atoms with Gasteiger partial charge in [-0.15, -0.1) is 0 Å². The lowest BCUT2D eigenvalue weighted by Crippen LogP contribution is -2.51. The highest BCUT2D eigenvalue weighted by Crippen LogP contribution is 2.13. The molecule has 8 heteroatoms. The van der Waals surface area contributed by atoms with Gasteiger partial charge in [-0.2, -0.15) is 5.10 Å². The van der Waals surface area contributed by atoms with Crippen molar-refractivity contribution in [2.75, 3.05) is 32.7 Å². The van der Waals surface area contributed by atoms with Crippen LogP contribution in [0.1, 0.15) is 34.7 Å². The Labute approximate surface area is 152 Å². The maximum Gasteiger partial charge on any atom is 0.291 e. The van der Waals surface area contributed by atoms with Gasteiger partial charge in [0.1, 0.15) is 6.33 Å². The standard InChI is InChI=1S/C18H24N6O2/c1-13-3-5-15(6-4-13)14(2)21-16(25)11-23-7-9-24(10-8-23)18(26)17-19-12-20-22-17/h3-6,12,14H,7-11H2,1-2H3,(H,21,25)(H,19,20,22)/t14-/m0/s1. The second-order valence-corrected chi connectivity index (χ2v) is 6.60. The van der Waals surface area contributed by atoms with Gasteiger partial charge in [0.05, 0.1) is 12.6 Å². The van der Waals surface area contributed by atoms with Crippen molar-refractivity contribution in [3.63, 3.8) is 0 Å². The normalized spacial score (nSPS) is 16.3. The number of amides is 2. The molecular formula is C18H24N6O2. The van der Waals surface area contributed by atoms with Gasteiger partial charge in [-0.3, -0.25) is 19.6 Å². The van der Waals surface area contributed by atoms with Gasteiger partial charge in [-0.25, -0.2) is 4.98 Å². The minimum Gasteiger partial charge on any atom is -0.348 e. The van der Waals surface area contributed by atoms with Gasteiger partial charge in [0.2, 0.25) is 11.7 Å². The fourth-order valence-corrected chi connectivity index (χ4v) is 3.00. The molecule has 1 fully saturated rings. The van der Waals surface area contributed by atoms with E-state index in [9.17, 15) is 9.59 Å². The van der Waals surface area contributed by atoms with Crippen molar-refractivity contribution in [2.45, 2.75) is 19.9 Å². The average Bonchev–Trinajstić information content (AvgIpc) is 3.17. The molecule has 2 aromatic rings. The lowest BCUT2D eigenvalue weighted by molar-refractivity contribution is -0.123. The van der Waals surface area contributed by atoms with E-state index < -0.39 is 0 Å². The van der Waals surface area contributed by atoms with E-state index in [4.69, 9.17) is 0 Å². The van der Waals surface area contributed by atoms with Crippen molar-refractivity contribution in [3.05, 3.63) is 47.5 Å². The highest BCUT2D eigenvalue weighted by atomic mass is 16.2. The lowest BCUT2D eigenvalue weighted by Gasteiger charge is -2.34. The minimum absolute atomic E-state index is 0.00640. The van der Waals surface area contributed by atoms with Crippen molar-refractivity contribution in [2.24, 2.45) is 0 Å². The maximum absolute atomic E-state index is 12.3. The quantitative estimate of drug-likeness (QED) is 0.824. The molecule has 3 rings (SSSR count). The number of carbonyl (C=O) groups excluding carboxylic acids is 2. The smallest absolute Gasteiger partial charge is 0.291 e. The summed E-state index contributed by atoms with van der Waals surface area (Å²) in [6.45, 7) is 6.82. The van der Waals surface area contributed by atoms with Crippen LogP contribution in [0.25, 0.3) is 0 Å². The van der Waals surface area contributed by atoms with Crippen LogP contribution in [0.2, 0.25) is 0 Å². The molecule has 1 aromatic heterocycles. The van der Waals surface area contributed by atoms with Crippen molar-refractivity contribution in [3.8, 4) is 0 Å². The van der Waals surface area contributed by atoms with Crippen LogP contribution in [-0.4, -0.2) is 69.5 Å². The van der Waals surface area contributed by atoms with E-state index >= 15 is 0 Å². The van der Waals surface area contributed by atoms with Gasteiger partial charge in [-0.05, 0) is 19.4 Å². The fourth-order valence-electron chi connectivity index (χ4n) is 3.00. The molecule has 1 aliphatic rings. The number of H-pyrrole nitrogens is 1. The third-order valence-corrected chi connectivity index (χ3v) is 4.60.